The standard InChI is InChI=1S/C28H48O3SSi/c1-7-8-9-10-11-12-13-14-16-19-23(31-33(5,6)28(2,3)4)22-25-26(27(29)30-25)32-24-20-17-15-18-21-24/h15,17-18,20-21,23,25-26H,7-14,16,19,22H2,1-6H3/t23-,25?,26?/m1/s1. The summed E-state index contributed by atoms with van der Waals surface area (Å²) in [6.07, 6.45) is 14.0. The van der Waals surface area contributed by atoms with Gasteiger partial charge >= 0.3 is 5.97 Å². The summed E-state index contributed by atoms with van der Waals surface area (Å²) >= 11 is 1.64. The molecule has 1 aromatic rings. The molecule has 0 spiro atoms. The minimum Gasteiger partial charge on any atom is -0.459 e. The number of benzene rings is 1. The van der Waals surface area contributed by atoms with Gasteiger partial charge in [-0.1, -0.05) is 104 Å². The fraction of sp³-hybridized carbons (Fsp3) is 0.750. The Bertz CT molecular complexity index is 686. The molecule has 2 rings (SSSR count). The van der Waals surface area contributed by atoms with Crippen LogP contribution in [-0.2, 0) is 14.0 Å². The highest BCUT2D eigenvalue weighted by atomic mass is 32.2. The molecule has 3 atom stereocenters. The van der Waals surface area contributed by atoms with Crippen LogP contribution in [0.5, 0.6) is 0 Å². The normalized spacial score (nSPS) is 19.8. The van der Waals surface area contributed by atoms with Gasteiger partial charge in [0.05, 0.1) is 0 Å². The van der Waals surface area contributed by atoms with Crippen molar-refractivity contribution in [3.8, 4) is 0 Å². The lowest BCUT2D eigenvalue weighted by atomic mass is 9.99. The Hall–Kier alpha value is -0.783. The van der Waals surface area contributed by atoms with Gasteiger partial charge in [-0.2, -0.15) is 0 Å². The van der Waals surface area contributed by atoms with Crippen LogP contribution in [-0.4, -0.2) is 31.7 Å². The summed E-state index contributed by atoms with van der Waals surface area (Å²) in [5.74, 6) is -0.0806. The lowest BCUT2D eigenvalue weighted by molar-refractivity contribution is -0.169. The predicted octanol–water partition coefficient (Wildman–Crippen LogP) is 8.77. The van der Waals surface area contributed by atoms with E-state index in [-0.39, 0.29) is 28.5 Å². The van der Waals surface area contributed by atoms with Gasteiger partial charge < -0.3 is 9.16 Å². The van der Waals surface area contributed by atoms with Gasteiger partial charge in [-0.3, -0.25) is 4.79 Å². The first-order valence-corrected chi connectivity index (χ1v) is 17.0. The molecule has 0 N–H and O–H groups in total. The lowest BCUT2D eigenvalue weighted by Crippen LogP contribution is -2.51. The van der Waals surface area contributed by atoms with Gasteiger partial charge in [0.1, 0.15) is 11.4 Å². The van der Waals surface area contributed by atoms with Crippen molar-refractivity contribution in [1.29, 1.82) is 0 Å². The fourth-order valence-corrected chi connectivity index (χ4v) is 6.54. The molecule has 1 saturated heterocycles. The molecule has 0 bridgehead atoms. The summed E-state index contributed by atoms with van der Waals surface area (Å²) in [6, 6.07) is 10.2. The number of esters is 1. The summed E-state index contributed by atoms with van der Waals surface area (Å²) < 4.78 is 12.5. The van der Waals surface area contributed by atoms with Crippen molar-refractivity contribution >= 4 is 26.0 Å². The zero-order valence-electron chi connectivity index (χ0n) is 22.0. The van der Waals surface area contributed by atoms with E-state index >= 15 is 0 Å². The third-order valence-corrected chi connectivity index (χ3v) is 13.1. The SMILES string of the molecule is CCCCCCCCCCC[C@H](CC1OC(=O)C1Sc1ccccc1)O[Si](C)(C)C(C)(C)C. The Morgan fingerprint density at radius 2 is 1.55 bits per heavy atom. The van der Waals surface area contributed by atoms with Crippen molar-refractivity contribution in [2.75, 3.05) is 0 Å². The van der Waals surface area contributed by atoms with E-state index in [0.29, 0.717) is 0 Å². The maximum atomic E-state index is 12.2. The highest BCUT2D eigenvalue weighted by Crippen LogP contribution is 2.41. The highest BCUT2D eigenvalue weighted by molar-refractivity contribution is 8.00. The number of rotatable bonds is 16. The Morgan fingerprint density at radius 1 is 0.970 bits per heavy atom. The largest absolute Gasteiger partial charge is 0.459 e. The summed E-state index contributed by atoms with van der Waals surface area (Å²) in [5, 5.41) is 0.0686. The Balaban J connectivity index is 1.86. The molecule has 0 aliphatic carbocycles. The van der Waals surface area contributed by atoms with Gasteiger partial charge in [0.2, 0.25) is 0 Å². The molecule has 0 aromatic heterocycles. The number of cyclic esters (lactones) is 1. The molecule has 1 aromatic carbocycles. The van der Waals surface area contributed by atoms with Gasteiger partial charge in [0.15, 0.2) is 8.32 Å². The predicted molar refractivity (Wildman–Crippen MR) is 144 cm³/mol. The fourth-order valence-electron chi connectivity index (χ4n) is 4.06. The van der Waals surface area contributed by atoms with E-state index in [9.17, 15) is 4.79 Å². The molecular weight excluding hydrogens is 444 g/mol. The quantitative estimate of drug-likeness (QED) is 0.131. The number of carbonyl (C=O) groups is 1. The van der Waals surface area contributed by atoms with E-state index in [1.807, 2.05) is 18.2 Å². The smallest absolute Gasteiger partial charge is 0.323 e. The Labute approximate surface area is 208 Å². The molecule has 188 valence electrons. The number of hydrogen-bond donors (Lipinski definition) is 0. The van der Waals surface area contributed by atoms with Crippen molar-refractivity contribution in [3.63, 3.8) is 0 Å². The third kappa shape index (κ3) is 9.77. The van der Waals surface area contributed by atoms with Crippen LogP contribution in [0.4, 0.5) is 0 Å². The van der Waals surface area contributed by atoms with Crippen molar-refractivity contribution in [2.45, 2.75) is 139 Å². The van der Waals surface area contributed by atoms with Crippen molar-refractivity contribution in [2.24, 2.45) is 0 Å². The number of unbranched alkanes of at least 4 members (excludes halogenated alkanes) is 8. The van der Waals surface area contributed by atoms with Crippen LogP contribution >= 0.6 is 11.8 Å². The van der Waals surface area contributed by atoms with E-state index in [4.69, 9.17) is 9.16 Å². The Kier molecular flexibility index (Phi) is 12.0. The molecule has 0 saturated carbocycles. The zero-order chi connectivity index (χ0) is 24.3. The van der Waals surface area contributed by atoms with Crippen LogP contribution in [0, 0.1) is 0 Å². The molecule has 1 aliphatic heterocycles. The molecule has 1 heterocycles. The molecular formula is C28H48O3SSi. The summed E-state index contributed by atoms with van der Waals surface area (Å²) in [4.78, 5) is 13.4. The summed E-state index contributed by atoms with van der Waals surface area (Å²) in [6.45, 7) is 13.8. The summed E-state index contributed by atoms with van der Waals surface area (Å²) in [7, 11) is -1.88. The molecule has 0 amide bonds. The molecule has 5 heteroatoms. The van der Waals surface area contributed by atoms with Crippen LogP contribution in [0.15, 0.2) is 35.2 Å². The van der Waals surface area contributed by atoms with E-state index in [0.717, 1.165) is 17.7 Å². The molecule has 0 radical (unpaired) electrons. The first-order valence-electron chi connectivity index (χ1n) is 13.2. The lowest BCUT2D eigenvalue weighted by Gasteiger charge is -2.42. The van der Waals surface area contributed by atoms with Crippen molar-refractivity contribution in [3.05, 3.63) is 30.3 Å². The zero-order valence-corrected chi connectivity index (χ0v) is 23.8. The van der Waals surface area contributed by atoms with E-state index < -0.39 is 8.32 Å². The monoisotopic (exact) mass is 492 g/mol. The molecule has 1 fully saturated rings. The second-order valence-corrected chi connectivity index (χ2v) is 17.2. The molecule has 1 aliphatic rings. The first-order chi connectivity index (χ1) is 15.6. The maximum Gasteiger partial charge on any atom is 0.323 e. The van der Waals surface area contributed by atoms with Crippen molar-refractivity contribution < 1.29 is 14.0 Å². The van der Waals surface area contributed by atoms with Crippen molar-refractivity contribution in [1.82, 2.24) is 0 Å². The van der Waals surface area contributed by atoms with Gasteiger partial charge in [-0.25, -0.2) is 0 Å². The molecule has 2 unspecified atom stereocenters. The van der Waals surface area contributed by atoms with Crippen LogP contribution in [0.25, 0.3) is 0 Å². The van der Waals surface area contributed by atoms with Gasteiger partial charge in [-0.15, -0.1) is 11.8 Å². The van der Waals surface area contributed by atoms with Crippen LogP contribution in [0.3, 0.4) is 0 Å². The molecule has 33 heavy (non-hydrogen) atoms. The molecule has 3 nitrogen and oxygen atoms in total. The second-order valence-electron chi connectivity index (χ2n) is 11.2. The summed E-state index contributed by atoms with van der Waals surface area (Å²) in [5.41, 5.74) is 0. The second kappa shape index (κ2) is 13.9. The minimum atomic E-state index is -1.88. The number of carbonyl (C=O) groups excluding carboxylic acids is 1. The van der Waals surface area contributed by atoms with Gasteiger partial charge in [0.25, 0.3) is 0 Å². The number of thioether (sulfide) groups is 1. The van der Waals surface area contributed by atoms with E-state index in [2.05, 4.69) is 52.9 Å². The average molecular weight is 493 g/mol. The highest BCUT2D eigenvalue weighted by Gasteiger charge is 2.46. The van der Waals surface area contributed by atoms with Crippen LogP contribution < -0.4 is 0 Å². The number of hydrogen-bond acceptors (Lipinski definition) is 4. The third-order valence-electron chi connectivity index (χ3n) is 7.24. The minimum absolute atomic E-state index is 0.0453. The van der Waals surface area contributed by atoms with Gasteiger partial charge in [-0.05, 0) is 36.7 Å². The van der Waals surface area contributed by atoms with Crippen LogP contribution in [0.1, 0.15) is 98.3 Å². The average Bonchev–Trinajstić information content (AvgIpc) is 2.75. The topological polar surface area (TPSA) is 35.5 Å². The Morgan fingerprint density at radius 3 is 2.09 bits per heavy atom. The maximum absolute atomic E-state index is 12.2. The van der Waals surface area contributed by atoms with E-state index in [1.165, 1.54) is 57.8 Å². The van der Waals surface area contributed by atoms with Crippen LogP contribution in [0.2, 0.25) is 18.1 Å². The first kappa shape index (κ1) is 28.5. The van der Waals surface area contributed by atoms with E-state index in [1.54, 1.807) is 11.8 Å². The number of ether oxygens (including phenoxy) is 1. The van der Waals surface area contributed by atoms with Gasteiger partial charge in [0, 0.05) is 17.4 Å².